The zero-order chi connectivity index (χ0) is 20.3. The van der Waals surface area contributed by atoms with E-state index in [1.165, 1.54) is 10.9 Å². The van der Waals surface area contributed by atoms with E-state index in [1.54, 1.807) is 31.3 Å². The summed E-state index contributed by atoms with van der Waals surface area (Å²) in [6.45, 7) is 1.92. The lowest BCUT2D eigenvalue weighted by Crippen LogP contribution is -2.06. The standard InChI is InChI=1S/C20H19F3N4O/c1-3-5-18(28)15-9-8-14(17(12-15)19-24-26-27(2)25-19)10-13-6-4-7-16(11-13)20(21,22)23/h4,6-9,11-12H,3,5,10H2,1-2H3. The maximum Gasteiger partial charge on any atom is 0.416 e. The normalized spacial score (nSPS) is 11.6. The van der Waals surface area contributed by atoms with Gasteiger partial charge in [0.05, 0.1) is 12.6 Å². The van der Waals surface area contributed by atoms with Crippen LogP contribution in [0.1, 0.15) is 46.8 Å². The second-order valence-electron chi connectivity index (χ2n) is 6.52. The first-order chi connectivity index (χ1) is 13.3. The number of halogens is 3. The summed E-state index contributed by atoms with van der Waals surface area (Å²) in [6, 6.07) is 10.3. The first-order valence-corrected chi connectivity index (χ1v) is 8.84. The van der Waals surface area contributed by atoms with Crippen molar-refractivity contribution in [1.29, 1.82) is 0 Å². The number of hydrogen-bond acceptors (Lipinski definition) is 4. The molecular formula is C20H19F3N4O. The number of hydrogen-bond donors (Lipinski definition) is 0. The van der Waals surface area contributed by atoms with E-state index in [2.05, 4.69) is 15.4 Å². The number of aryl methyl sites for hydroxylation is 1. The van der Waals surface area contributed by atoms with Crippen molar-refractivity contribution in [2.45, 2.75) is 32.4 Å². The summed E-state index contributed by atoms with van der Waals surface area (Å²) < 4.78 is 39.0. The molecule has 0 N–H and O–H groups in total. The van der Waals surface area contributed by atoms with E-state index < -0.39 is 11.7 Å². The number of benzene rings is 2. The molecule has 2 aromatic carbocycles. The maximum atomic E-state index is 13.0. The van der Waals surface area contributed by atoms with Crippen molar-refractivity contribution in [3.8, 4) is 11.4 Å². The molecule has 0 aliphatic carbocycles. The SMILES string of the molecule is CCCC(=O)c1ccc(Cc2cccc(C(F)(F)F)c2)c(-c2nnn(C)n2)c1. The Balaban J connectivity index is 2.02. The van der Waals surface area contributed by atoms with Crippen LogP contribution in [0.2, 0.25) is 0 Å². The van der Waals surface area contributed by atoms with E-state index in [9.17, 15) is 18.0 Å². The highest BCUT2D eigenvalue weighted by Crippen LogP contribution is 2.31. The summed E-state index contributed by atoms with van der Waals surface area (Å²) in [5, 5.41) is 12.0. The Bertz CT molecular complexity index is 995. The molecule has 0 spiro atoms. The van der Waals surface area contributed by atoms with Gasteiger partial charge in [-0.2, -0.15) is 18.0 Å². The van der Waals surface area contributed by atoms with Gasteiger partial charge in [0.1, 0.15) is 0 Å². The van der Waals surface area contributed by atoms with Crippen LogP contribution < -0.4 is 0 Å². The third kappa shape index (κ3) is 4.44. The van der Waals surface area contributed by atoms with Crippen LogP contribution >= 0.6 is 0 Å². The topological polar surface area (TPSA) is 60.7 Å². The molecule has 28 heavy (non-hydrogen) atoms. The second kappa shape index (κ2) is 7.92. The molecular weight excluding hydrogens is 369 g/mol. The zero-order valence-corrected chi connectivity index (χ0v) is 15.5. The summed E-state index contributed by atoms with van der Waals surface area (Å²) in [4.78, 5) is 13.6. The fourth-order valence-electron chi connectivity index (χ4n) is 2.95. The minimum absolute atomic E-state index is 0.00161. The van der Waals surface area contributed by atoms with Crippen molar-refractivity contribution < 1.29 is 18.0 Å². The minimum atomic E-state index is -4.40. The lowest BCUT2D eigenvalue weighted by Gasteiger charge is -2.11. The smallest absolute Gasteiger partial charge is 0.294 e. The molecule has 0 fully saturated rings. The number of nitrogens with zero attached hydrogens (tertiary/aromatic N) is 4. The molecule has 0 unspecified atom stereocenters. The molecule has 1 heterocycles. The van der Waals surface area contributed by atoms with E-state index in [0.29, 0.717) is 28.9 Å². The molecule has 0 atom stereocenters. The predicted octanol–water partition coefficient (Wildman–Crippen LogP) is 4.47. The highest BCUT2D eigenvalue weighted by Gasteiger charge is 2.30. The van der Waals surface area contributed by atoms with Gasteiger partial charge >= 0.3 is 6.18 Å². The average molecular weight is 388 g/mol. The molecule has 0 saturated carbocycles. The molecule has 3 aromatic rings. The summed E-state index contributed by atoms with van der Waals surface area (Å²) in [5.41, 5.74) is 1.65. The Morgan fingerprint density at radius 1 is 1.14 bits per heavy atom. The third-order valence-electron chi connectivity index (χ3n) is 4.31. The van der Waals surface area contributed by atoms with Crippen LogP contribution in [0.25, 0.3) is 11.4 Å². The monoisotopic (exact) mass is 388 g/mol. The number of alkyl halides is 3. The van der Waals surface area contributed by atoms with Crippen LogP contribution in [-0.2, 0) is 19.6 Å². The molecule has 0 bridgehead atoms. The molecule has 3 rings (SSSR count). The van der Waals surface area contributed by atoms with E-state index in [0.717, 1.165) is 24.1 Å². The molecule has 0 aliphatic rings. The summed E-state index contributed by atoms with van der Waals surface area (Å²) in [5.74, 6) is 0.328. The minimum Gasteiger partial charge on any atom is -0.294 e. The lowest BCUT2D eigenvalue weighted by atomic mass is 9.94. The predicted molar refractivity (Wildman–Crippen MR) is 97.7 cm³/mol. The van der Waals surface area contributed by atoms with Crippen molar-refractivity contribution in [3.05, 3.63) is 64.7 Å². The van der Waals surface area contributed by atoms with Crippen LogP contribution in [-0.4, -0.2) is 26.0 Å². The van der Waals surface area contributed by atoms with E-state index in [4.69, 9.17) is 0 Å². The average Bonchev–Trinajstić information content (AvgIpc) is 3.08. The number of rotatable bonds is 6. The van der Waals surface area contributed by atoms with Gasteiger partial charge in [-0.05, 0) is 41.3 Å². The highest BCUT2D eigenvalue weighted by atomic mass is 19.4. The van der Waals surface area contributed by atoms with Crippen molar-refractivity contribution in [2.24, 2.45) is 7.05 Å². The van der Waals surface area contributed by atoms with Gasteiger partial charge in [-0.25, -0.2) is 0 Å². The van der Waals surface area contributed by atoms with Gasteiger partial charge in [-0.15, -0.1) is 10.2 Å². The number of carbonyl (C=O) groups is 1. The summed E-state index contributed by atoms with van der Waals surface area (Å²) >= 11 is 0. The van der Waals surface area contributed by atoms with Crippen LogP contribution in [0.3, 0.4) is 0 Å². The Labute approximate surface area is 160 Å². The van der Waals surface area contributed by atoms with Gasteiger partial charge in [-0.3, -0.25) is 4.79 Å². The number of ketones is 1. The molecule has 5 nitrogen and oxygen atoms in total. The molecule has 0 radical (unpaired) electrons. The molecule has 0 amide bonds. The summed E-state index contributed by atoms with van der Waals surface area (Å²) in [7, 11) is 1.62. The van der Waals surface area contributed by atoms with E-state index in [1.807, 2.05) is 6.92 Å². The lowest BCUT2D eigenvalue weighted by molar-refractivity contribution is -0.137. The van der Waals surface area contributed by atoms with E-state index >= 15 is 0 Å². The van der Waals surface area contributed by atoms with E-state index in [-0.39, 0.29) is 12.2 Å². The fraction of sp³-hybridized carbons (Fsp3) is 0.300. The van der Waals surface area contributed by atoms with Gasteiger partial charge < -0.3 is 0 Å². The fourth-order valence-corrected chi connectivity index (χ4v) is 2.95. The molecule has 146 valence electrons. The number of carbonyl (C=O) groups excluding carboxylic acids is 1. The Morgan fingerprint density at radius 3 is 2.57 bits per heavy atom. The second-order valence-corrected chi connectivity index (χ2v) is 6.52. The van der Waals surface area contributed by atoms with Gasteiger partial charge in [0.2, 0.25) is 5.82 Å². The third-order valence-corrected chi connectivity index (χ3v) is 4.31. The molecule has 8 heteroatoms. The Morgan fingerprint density at radius 2 is 1.93 bits per heavy atom. The largest absolute Gasteiger partial charge is 0.416 e. The van der Waals surface area contributed by atoms with Gasteiger partial charge in [0.15, 0.2) is 5.78 Å². The van der Waals surface area contributed by atoms with Crippen LogP contribution in [0.15, 0.2) is 42.5 Å². The van der Waals surface area contributed by atoms with Crippen LogP contribution in [0, 0.1) is 0 Å². The number of tetrazole rings is 1. The first-order valence-electron chi connectivity index (χ1n) is 8.84. The molecule has 1 aromatic heterocycles. The van der Waals surface area contributed by atoms with Crippen LogP contribution in [0.5, 0.6) is 0 Å². The van der Waals surface area contributed by atoms with Gasteiger partial charge in [-0.1, -0.05) is 37.3 Å². The number of aromatic nitrogens is 4. The van der Waals surface area contributed by atoms with Crippen molar-refractivity contribution in [3.63, 3.8) is 0 Å². The van der Waals surface area contributed by atoms with Crippen molar-refractivity contribution in [2.75, 3.05) is 0 Å². The maximum absolute atomic E-state index is 13.0. The molecule has 0 saturated heterocycles. The zero-order valence-electron chi connectivity index (χ0n) is 15.5. The quantitative estimate of drug-likeness (QED) is 0.585. The van der Waals surface area contributed by atoms with Gasteiger partial charge in [0.25, 0.3) is 0 Å². The van der Waals surface area contributed by atoms with Crippen LogP contribution in [0.4, 0.5) is 13.2 Å². The summed E-state index contributed by atoms with van der Waals surface area (Å²) in [6.07, 6.45) is -3.01. The Hall–Kier alpha value is -3.03. The Kier molecular flexibility index (Phi) is 5.58. The van der Waals surface area contributed by atoms with Gasteiger partial charge in [0, 0.05) is 17.5 Å². The molecule has 0 aliphatic heterocycles. The first kappa shape index (κ1) is 19.7. The van der Waals surface area contributed by atoms with Crippen molar-refractivity contribution >= 4 is 5.78 Å². The number of Topliss-reactive ketones (excluding diaryl/α,β-unsaturated/α-hetero) is 1. The van der Waals surface area contributed by atoms with Crippen molar-refractivity contribution in [1.82, 2.24) is 20.2 Å². The highest BCUT2D eigenvalue weighted by molar-refractivity contribution is 5.97.